The Morgan fingerprint density at radius 2 is 1.76 bits per heavy atom. The molecule has 1 saturated heterocycles. The molecule has 0 saturated carbocycles. The van der Waals surface area contributed by atoms with Gasteiger partial charge in [0.1, 0.15) is 5.52 Å². The summed E-state index contributed by atoms with van der Waals surface area (Å²) in [4.78, 5) is 38.5. The van der Waals surface area contributed by atoms with Crippen molar-refractivity contribution in [3.05, 3.63) is 64.6 Å². The van der Waals surface area contributed by atoms with Gasteiger partial charge in [0.05, 0.1) is 6.54 Å². The summed E-state index contributed by atoms with van der Waals surface area (Å²) in [7, 11) is 0. The van der Waals surface area contributed by atoms with Crippen molar-refractivity contribution in [2.75, 3.05) is 31.1 Å². The molecule has 7 heteroatoms. The molecule has 3 heterocycles. The highest BCUT2D eigenvalue weighted by Gasteiger charge is 2.26. The van der Waals surface area contributed by atoms with Crippen LogP contribution in [0.2, 0.25) is 0 Å². The smallest absolute Gasteiger partial charge is 0.295 e. The summed E-state index contributed by atoms with van der Waals surface area (Å²) in [5.74, 6) is 0.564. The van der Waals surface area contributed by atoms with Crippen LogP contribution in [0, 0.1) is 5.92 Å². The molecular formula is C22H25N5O2. The standard InChI is InChI=1S/C22H25N5O2/c1-16(2)21(28)26-13-11-25(12-14-26)20-22(29)27(15-17-7-4-3-5-8-17)19-18(24-20)9-6-10-23-19/h3-10,16H,11-15H2,1-2H3. The van der Waals surface area contributed by atoms with Crippen molar-refractivity contribution in [2.45, 2.75) is 20.4 Å². The molecule has 0 atom stereocenters. The lowest BCUT2D eigenvalue weighted by Crippen LogP contribution is -2.51. The van der Waals surface area contributed by atoms with Crippen molar-refractivity contribution in [3.8, 4) is 0 Å². The van der Waals surface area contributed by atoms with Crippen molar-refractivity contribution >= 4 is 22.9 Å². The second-order valence-electron chi connectivity index (χ2n) is 7.63. The molecule has 2 aromatic heterocycles. The summed E-state index contributed by atoms with van der Waals surface area (Å²) >= 11 is 0. The largest absolute Gasteiger partial charge is 0.348 e. The third-order valence-electron chi connectivity index (χ3n) is 5.25. The van der Waals surface area contributed by atoms with Crippen LogP contribution in [0.15, 0.2) is 53.5 Å². The van der Waals surface area contributed by atoms with Gasteiger partial charge in [-0.15, -0.1) is 0 Å². The minimum Gasteiger partial charge on any atom is -0.348 e. The summed E-state index contributed by atoms with van der Waals surface area (Å²) < 4.78 is 1.69. The Hall–Kier alpha value is -3.22. The van der Waals surface area contributed by atoms with Crippen LogP contribution in [0.3, 0.4) is 0 Å². The van der Waals surface area contributed by atoms with E-state index in [2.05, 4.69) is 9.97 Å². The quantitative estimate of drug-likeness (QED) is 0.681. The normalized spacial score (nSPS) is 14.6. The van der Waals surface area contributed by atoms with Gasteiger partial charge in [0.2, 0.25) is 5.91 Å². The number of aromatic nitrogens is 3. The molecule has 150 valence electrons. The summed E-state index contributed by atoms with van der Waals surface area (Å²) in [5.41, 5.74) is 2.16. The average molecular weight is 391 g/mol. The molecule has 0 N–H and O–H groups in total. The summed E-state index contributed by atoms with van der Waals surface area (Å²) in [6.07, 6.45) is 1.68. The first kappa shape index (κ1) is 19.1. The highest BCUT2D eigenvalue weighted by Crippen LogP contribution is 2.16. The van der Waals surface area contributed by atoms with Gasteiger partial charge >= 0.3 is 0 Å². The minimum absolute atomic E-state index is 0.0190. The van der Waals surface area contributed by atoms with Crippen LogP contribution in [0.5, 0.6) is 0 Å². The lowest BCUT2D eigenvalue weighted by atomic mass is 10.1. The zero-order valence-electron chi connectivity index (χ0n) is 16.8. The van der Waals surface area contributed by atoms with Crippen molar-refractivity contribution in [3.63, 3.8) is 0 Å². The van der Waals surface area contributed by atoms with Crippen LogP contribution < -0.4 is 10.5 Å². The number of rotatable bonds is 4. The van der Waals surface area contributed by atoms with Gasteiger partial charge < -0.3 is 9.80 Å². The van der Waals surface area contributed by atoms with Gasteiger partial charge in [0.25, 0.3) is 5.56 Å². The first-order valence-corrected chi connectivity index (χ1v) is 9.98. The number of fused-ring (bicyclic) bond motifs is 1. The van der Waals surface area contributed by atoms with Crippen molar-refractivity contribution in [2.24, 2.45) is 5.92 Å². The van der Waals surface area contributed by atoms with E-state index in [0.717, 1.165) is 5.56 Å². The Labute approximate surface area is 169 Å². The van der Waals surface area contributed by atoms with Gasteiger partial charge in [-0.3, -0.25) is 14.2 Å². The zero-order chi connectivity index (χ0) is 20.4. The van der Waals surface area contributed by atoms with E-state index in [1.165, 1.54) is 0 Å². The molecule has 7 nitrogen and oxygen atoms in total. The Balaban J connectivity index is 1.68. The molecule has 1 aliphatic heterocycles. The van der Waals surface area contributed by atoms with Crippen molar-refractivity contribution < 1.29 is 4.79 Å². The number of hydrogen-bond acceptors (Lipinski definition) is 5. The number of piperazine rings is 1. The van der Waals surface area contributed by atoms with Gasteiger partial charge in [-0.05, 0) is 17.7 Å². The maximum Gasteiger partial charge on any atom is 0.295 e. The molecule has 0 radical (unpaired) electrons. The molecule has 29 heavy (non-hydrogen) atoms. The maximum atomic E-state index is 13.3. The Kier molecular flexibility index (Phi) is 5.29. The maximum absolute atomic E-state index is 13.3. The Morgan fingerprint density at radius 1 is 1.03 bits per heavy atom. The molecule has 3 aromatic rings. The highest BCUT2D eigenvalue weighted by molar-refractivity contribution is 5.78. The van der Waals surface area contributed by atoms with Crippen molar-refractivity contribution in [1.29, 1.82) is 0 Å². The molecule has 1 aliphatic rings. The third-order valence-corrected chi connectivity index (χ3v) is 5.25. The van der Waals surface area contributed by atoms with E-state index in [1.54, 1.807) is 10.8 Å². The monoisotopic (exact) mass is 391 g/mol. The number of anilines is 1. The third kappa shape index (κ3) is 3.85. The number of carbonyl (C=O) groups is 1. The van der Waals surface area contributed by atoms with Gasteiger partial charge in [0, 0.05) is 38.3 Å². The Morgan fingerprint density at radius 3 is 2.45 bits per heavy atom. The molecular weight excluding hydrogens is 366 g/mol. The fourth-order valence-electron chi connectivity index (χ4n) is 3.68. The molecule has 0 spiro atoms. The van der Waals surface area contributed by atoms with E-state index in [4.69, 9.17) is 0 Å². The molecule has 1 fully saturated rings. The first-order valence-electron chi connectivity index (χ1n) is 9.98. The predicted molar refractivity (Wildman–Crippen MR) is 113 cm³/mol. The van der Waals surface area contributed by atoms with Gasteiger partial charge in [0.15, 0.2) is 11.5 Å². The van der Waals surface area contributed by atoms with E-state index >= 15 is 0 Å². The second kappa shape index (κ2) is 8.03. The summed E-state index contributed by atoms with van der Waals surface area (Å²) in [6, 6.07) is 13.6. The summed E-state index contributed by atoms with van der Waals surface area (Å²) in [5, 5.41) is 0. The fourth-order valence-corrected chi connectivity index (χ4v) is 3.68. The highest BCUT2D eigenvalue weighted by atomic mass is 16.2. The number of carbonyl (C=O) groups excluding carboxylic acids is 1. The molecule has 0 aliphatic carbocycles. The predicted octanol–water partition coefficient (Wildman–Crippen LogP) is 2.14. The lowest BCUT2D eigenvalue weighted by Gasteiger charge is -2.36. The molecule has 4 rings (SSSR count). The van der Waals surface area contributed by atoms with Crippen molar-refractivity contribution in [1.82, 2.24) is 19.4 Å². The van der Waals surface area contributed by atoms with Crippen LogP contribution in [-0.2, 0) is 11.3 Å². The van der Waals surface area contributed by atoms with Crippen LogP contribution in [-0.4, -0.2) is 51.5 Å². The molecule has 1 amide bonds. The SMILES string of the molecule is CC(C)C(=O)N1CCN(c2nc3cccnc3n(Cc3ccccc3)c2=O)CC1. The fraction of sp³-hybridized carbons (Fsp3) is 0.364. The average Bonchev–Trinajstić information content (AvgIpc) is 2.76. The number of hydrogen-bond donors (Lipinski definition) is 0. The van der Waals surface area contributed by atoms with Gasteiger partial charge in [-0.2, -0.15) is 0 Å². The molecule has 0 unspecified atom stereocenters. The number of nitrogens with zero attached hydrogens (tertiary/aromatic N) is 5. The topological polar surface area (TPSA) is 71.3 Å². The van der Waals surface area contributed by atoms with E-state index in [9.17, 15) is 9.59 Å². The van der Waals surface area contributed by atoms with E-state index in [-0.39, 0.29) is 17.4 Å². The number of pyridine rings is 1. The molecule has 0 bridgehead atoms. The Bertz CT molecular complexity index is 1070. The second-order valence-corrected chi connectivity index (χ2v) is 7.63. The van der Waals surface area contributed by atoms with Gasteiger partial charge in [-0.1, -0.05) is 44.2 Å². The first-order chi connectivity index (χ1) is 14.0. The van der Waals surface area contributed by atoms with Crippen LogP contribution in [0.4, 0.5) is 5.82 Å². The lowest BCUT2D eigenvalue weighted by molar-refractivity contribution is -0.134. The minimum atomic E-state index is -0.149. The van der Waals surface area contributed by atoms with E-state index in [1.807, 2.05) is 66.1 Å². The zero-order valence-corrected chi connectivity index (χ0v) is 16.8. The number of benzene rings is 1. The van der Waals surface area contributed by atoms with Crippen LogP contribution in [0.1, 0.15) is 19.4 Å². The van der Waals surface area contributed by atoms with E-state index < -0.39 is 0 Å². The number of amides is 1. The van der Waals surface area contributed by atoms with Crippen LogP contribution >= 0.6 is 0 Å². The molecule has 1 aromatic carbocycles. The van der Waals surface area contributed by atoms with Gasteiger partial charge in [-0.25, -0.2) is 9.97 Å². The summed E-state index contributed by atoms with van der Waals surface area (Å²) in [6.45, 7) is 6.65. The van der Waals surface area contributed by atoms with Crippen LogP contribution in [0.25, 0.3) is 11.2 Å². The van der Waals surface area contributed by atoms with E-state index in [0.29, 0.717) is 49.7 Å².